The molecule has 0 fully saturated rings. The van der Waals surface area contributed by atoms with Crippen molar-refractivity contribution in [2.45, 2.75) is 6.92 Å². The largest absolute Gasteiger partial charge is 0.339 e. The van der Waals surface area contributed by atoms with Crippen LogP contribution in [0.3, 0.4) is 0 Å². The first-order valence-electron chi connectivity index (χ1n) is 7.25. The van der Waals surface area contributed by atoms with E-state index in [9.17, 15) is 9.59 Å². The molecule has 4 nitrogen and oxygen atoms in total. The number of carbonyl (C=O) groups excluding carboxylic acids is 2. The van der Waals surface area contributed by atoms with Gasteiger partial charge >= 0.3 is 0 Å². The molecule has 6 heteroatoms. The van der Waals surface area contributed by atoms with Crippen molar-refractivity contribution in [3.63, 3.8) is 0 Å². The van der Waals surface area contributed by atoms with Gasteiger partial charge in [-0.25, -0.2) is 4.90 Å². The Hall–Kier alpha value is -2.30. The smallest absolute Gasteiger partial charge is 0.283 e. The van der Waals surface area contributed by atoms with Gasteiger partial charge in [0.15, 0.2) is 0 Å². The molecule has 0 bridgehead atoms. The van der Waals surface area contributed by atoms with E-state index in [4.69, 9.17) is 23.2 Å². The van der Waals surface area contributed by atoms with Crippen LogP contribution in [0, 0.1) is 6.92 Å². The number of amides is 2. The number of carbonyl (C=O) groups is 2. The molecule has 2 aromatic carbocycles. The highest BCUT2D eigenvalue weighted by Crippen LogP contribution is 2.34. The van der Waals surface area contributed by atoms with Crippen LogP contribution in [0.25, 0.3) is 0 Å². The highest BCUT2D eigenvalue weighted by atomic mass is 35.5. The zero-order valence-electron chi connectivity index (χ0n) is 13.1. The zero-order chi connectivity index (χ0) is 17.4. The molecule has 0 aliphatic carbocycles. The maximum Gasteiger partial charge on any atom is 0.283 e. The summed E-state index contributed by atoms with van der Waals surface area (Å²) >= 11 is 12.1. The van der Waals surface area contributed by atoms with Crippen LogP contribution in [0.4, 0.5) is 11.4 Å². The minimum Gasteiger partial charge on any atom is -0.339 e. The first-order chi connectivity index (χ1) is 11.4. The number of imide groups is 1. The average Bonchev–Trinajstić information content (AvgIpc) is 2.78. The van der Waals surface area contributed by atoms with E-state index in [1.54, 1.807) is 37.1 Å². The minimum atomic E-state index is -0.537. The molecule has 0 saturated carbocycles. The van der Waals surface area contributed by atoms with Gasteiger partial charge in [0, 0.05) is 17.8 Å². The van der Waals surface area contributed by atoms with Gasteiger partial charge in [-0.3, -0.25) is 9.59 Å². The average molecular weight is 361 g/mol. The van der Waals surface area contributed by atoms with E-state index in [1.807, 2.05) is 30.3 Å². The van der Waals surface area contributed by atoms with E-state index in [0.717, 1.165) is 16.2 Å². The highest BCUT2D eigenvalue weighted by Gasteiger charge is 2.41. The molecular weight excluding hydrogens is 347 g/mol. The van der Waals surface area contributed by atoms with Gasteiger partial charge in [0.25, 0.3) is 11.8 Å². The molecular formula is C18H14Cl2N2O2. The standard InChI is InChI=1S/C18H14Cl2N2O2/c1-11-10-12(19)8-9-14(11)22-17(23)15(20)16(18(22)24)21(2)13-6-4-3-5-7-13/h3-10H,1-2H3. The second-order valence-corrected chi connectivity index (χ2v) is 6.25. The van der Waals surface area contributed by atoms with Crippen molar-refractivity contribution in [2.24, 2.45) is 0 Å². The van der Waals surface area contributed by atoms with Crippen molar-refractivity contribution >= 4 is 46.4 Å². The quantitative estimate of drug-likeness (QED) is 0.773. The summed E-state index contributed by atoms with van der Waals surface area (Å²) in [6, 6.07) is 14.2. The molecule has 1 heterocycles. The molecule has 0 unspecified atom stereocenters. The van der Waals surface area contributed by atoms with Crippen LogP contribution in [0.2, 0.25) is 5.02 Å². The summed E-state index contributed by atoms with van der Waals surface area (Å²) in [6.07, 6.45) is 0. The van der Waals surface area contributed by atoms with Crippen molar-refractivity contribution in [1.82, 2.24) is 0 Å². The van der Waals surface area contributed by atoms with Crippen molar-refractivity contribution in [1.29, 1.82) is 0 Å². The maximum atomic E-state index is 12.9. The lowest BCUT2D eigenvalue weighted by molar-refractivity contribution is -0.120. The number of anilines is 2. The Kier molecular flexibility index (Phi) is 4.35. The third-order valence-electron chi connectivity index (χ3n) is 3.88. The molecule has 0 atom stereocenters. The molecule has 24 heavy (non-hydrogen) atoms. The van der Waals surface area contributed by atoms with Crippen LogP contribution in [0.15, 0.2) is 59.3 Å². The normalized spacial score (nSPS) is 14.6. The predicted octanol–water partition coefficient (Wildman–Crippen LogP) is 4.11. The van der Waals surface area contributed by atoms with Crippen LogP contribution in [0.5, 0.6) is 0 Å². The number of rotatable bonds is 3. The third-order valence-corrected chi connectivity index (χ3v) is 4.46. The summed E-state index contributed by atoms with van der Waals surface area (Å²) in [6.45, 7) is 1.79. The minimum absolute atomic E-state index is 0.0966. The van der Waals surface area contributed by atoms with E-state index in [1.165, 1.54) is 0 Å². The lowest BCUT2D eigenvalue weighted by atomic mass is 10.2. The molecule has 1 aliphatic heterocycles. The van der Waals surface area contributed by atoms with Crippen LogP contribution < -0.4 is 9.80 Å². The Morgan fingerprint density at radius 3 is 2.25 bits per heavy atom. The van der Waals surface area contributed by atoms with E-state index < -0.39 is 11.8 Å². The number of nitrogens with zero attached hydrogens (tertiary/aromatic N) is 2. The number of para-hydroxylation sites is 1. The van der Waals surface area contributed by atoms with Crippen LogP contribution in [-0.2, 0) is 9.59 Å². The molecule has 0 saturated heterocycles. The molecule has 122 valence electrons. The van der Waals surface area contributed by atoms with Gasteiger partial charge in [-0.1, -0.05) is 41.4 Å². The Labute approximate surface area is 149 Å². The number of aryl methyl sites for hydroxylation is 1. The van der Waals surface area contributed by atoms with Gasteiger partial charge in [0.1, 0.15) is 10.7 Å². The fourth-order valence-corrected chi connectivity index (χ4v) is 3.17. The van der Waals surface area contributed by atoms with Crippen molar-refractivity contribution in [3.05, 3.63) is 69.8 Å². The molecule has 2 aromatic rings. The molecule has 0 aromatic heterocycles. The Morgan fingerprint density at radius 1 is 0.958 bits per heavy atom. The zero-order valence-corrected chi connectivity index (χ0v) is 14.6. The van der Waals surface area contributed by atoms with E-state index in [0.29, 0.717) is 10.7 Å². The third kappa shape index (κ3) is 2.68. The Morgan fingerprint density at radius 2 is 1.62 bits per heavy atom. The monoisotopic (exact) mass is 360 g/mol. The number of hydrogen-bond acceptors (Lipinski definition) is 3. The van der Waals surface area contributed by atoms with E-state index in [-0.39, 0.29) is 10.7 Å². The van der Waals surface area contributed by atoms with Crippen LogP contribution >= 0.6 is 23.2 Å². The van der Waals surface area contributed by atoms with Crippen molar-refractivity contribution in [3.8, 4) is 0 Å². The lowest BCUT2D eigenvalue weighted by Crippen LogP contribution is -2.34. The van der Waals surface area contributed by atoms with E-state index >= 15 is 0 Å². The summed E-state index contributed by atoms with van der Waals surface area (Å²) in [5, 5.41) is 0.441. The summed E-state index contributed by atoms with van der Waals surface area (Å²) in [5.41, 5.74) is 2.12. The summed E-state index contributed by atoms with van der Waals surface area (Å²) in [7, 11) is 1.70. The molecule has 1 aliphatic rings. The SMILES string of the molecule is Cc1cc(Cl)ccc1N1C(=O)C(Cl)=C(N(C)c2ccccc2)C1=O. The second-order valence-electron chi connectivity index (χ2n) is 5.43. The summed E-state index contributed by atoms with van der Waals surface area (Å²) in [5.74, 6) is -0.994. The van der Waals surface area contributed by atoms with Crippen molar-refractivity contribution < 1.29 is 9.59 Å². The van der Waals surface area contributed by atoms with E-state index in [2.05, 4.69) is 0 Å². The molecule has 3 rings (SSSR count). The Balaban J connectivity index is 2.02. The lowest BCUT2D eigenvalue weighted by Gasteiger charge is -2.22. The predicted molar refractivity (Wildman–Crippen MR) is 96.4 cm³/mol. The van der Waals surface area contributed by atoms with Crippen LogP contribution in [0.1, 0.15) is 5.56 Å². The fraction of sp³-hybridized carbons (Fsp3) is 0.111. The number of likely N-dealkylation sites (N-methyl/N-ethyl adjacent to an activating group) is 1. The molecule has 2 amide bonds. The highest BCUT2D eigenvalue weighted by molar-refractivity contribution is 6.53. The number of benzene rings is 2. The first kappa shape index (κ1) is 16.6. The number of halogens is 2. The summed E-state index contributed by atoms with van der Waals surface area (Å²) < 4.78 is 0. The molecule has 0 spiro atoms. The summed E-state index contributed by atoms with van der Waals surface area (Å²) in [4.78, 5) is 28.1. The van der Waals surface area contributed by atoms with Gasteiger partial charge in [0.2, 0.25) is 0 Å². The fourth-order valence-electron chi connectivity index (χ4n) is 2.65. The topological polar surface area (TPSA) is 40.6 Å². The van der Waals surface area contributed by atoms with Crippen LogP contribution in [-0.4, -0.2) is 18.9 Å². The number of hydrogen-bond donors (Lipinski definition) is 0. The second kappa shape index (κ2) is 6.30. The molecule has 0 radical (unpaired) electrons. The van der Waals surface area contributed by atoms with Crippen molar-refractivity contribution in [2.75, 3.05) is 16.8 Å². The maximum absolute atomic E-state index is 12.9. The molecule has 0 N–H and O–H groups in total. The Bertz CT molecular complexity index is 863. The first-order valence-corrected chi connectivity index (χ1v) is 8.01. The van der Waals surface area contributed by atoms with Gasteiger partial charge in [-0.2, -0.15) is 0 Å². The van der Waals surface area contributed by atoms with Gasteiger partial charge in [-0.15, -0.1) is 0 Å². The van der Waals surface area contributed by atoms with Gasteiger partial charge < -0.3 is 4.90 Å². The van der Waals surface area contributed by atoms with Gasteiger partial charge in [0.05, 0.1) is 5.69 Å². The van der Waals surface area contributed by atoms with Gasteiger partial charge in [-0.05, 0) is 42.8 Å².